The number of ether oxygens (including phenoxy) is 1. The summed E-state index contributed by atoms with van der Waals surface area (Å²) in [6, 6.07) is 26.5. The molecule has 3 aromatic carbocycles. The van der Waals surface area contributed by atoms with E-state index in [2.05, 4.69) is 6.07 Å². The lowest BCUT2D eigenvalue weighted by Gasteiger charge is -2.20. The normalized spacial score (nSPS) is 11.9. The Labute approximate surface area is 123 Å². The van der Waals surface area contributed by atoms with E-state index in [-0.39, 0.29) is 5.82 Å². The van der Waals surface area contributed by atoms with E-state index in [1.165, 1.54) is 6.07 Å². The molecule has 1 atom stereocenters. The Bertz CT molecular complexity index is 695. The molecule has 2 heteroatoms. The number of rotatable bonds is 4. The summed E-state index contributed by atoms with van der Waals surface area (Å²) in [6.07, 6.45) is -0.483. The van der Waals surface area contributed by atoms with Crippen LogP contribution in [-0.4, -0.2) is 0 Å². The highest BCUT2D eigenvalue weighted by Crippen LogP contribution is 2.29. The summed E-state index contributed by atoms with van der Waals surface area (Å²) >= 11 is 0. The maximum atomic E-state index is 14.1. The van der Waals surface area contributed by atoms with E-state index in [4.69, 9.17) is 4.74 Å². The maximum Gasteiger partial charge on any atom is 0.152 e. The van der Waals surface area contributed by atoms with Gasteiger partial charge in [-0.3, -0.25) is 0 Å². The van der Waals surface area contributed by atoms with Crippen molar-refractivity contribution in [3.8, 4) is 5.75 Å². The van der Waals surface area contributed by atoms with Crippen molar-refractivity contribution in [2.75, 3.05) is 0 Å². The number of hydrogen-bond donors (Lipinski definition) is 0. The number of hydrogen-bond acceptors (Lipinski definition) is 1. The summed E-state index contributed by atoms with van der Waals surface area (Å²) in [5, 5.41) is 0. The summed E-state index contributed by atoms with van der Waals surface area (Å²) < 4.78 is 20.1. The van der Waals surface area contributed by atoms with Gasteiger partial charge in [-0.1, -0.05) is 60.7 Å². The molecule has 0 N–H and O–H groups in total. The van der Waals surface area contributed by atoms with Crippen molar-refractivity contribution in [1.29, 1.82) is 0 Å². The largest absolute Gasteiger partial charge is 0.481 e. The van der Waals surface area contributed by atoms with Gasteiger partial charge in [-0.2, -0.15) is 0 Å². The molecule has 0 saturated carbocycles. The van der Waals surface area contributed by atoms with Gasteiger partial charge in [0, 0.05) is 5.56 Å². The van der Waals surface area contributed by atoms with E-state index in [0.717, 1.165) is 5.56 Å². The predicted octanol–water partition coefficient (Wildman–Crippen LogP) is 4.79. The second kappa shape index (κ2) is 6.23. The Morgan fingerprint density at radius 1 is 0.857 bits per heavy atom. The van der Waals surface area contributed by atoms with Gasteiger partial charge in [-0.05, 0) is 29.8 Å². The predicted molar refractivity (Wildman–Crippen MR) is 80.6 cm³/mol. The van der Waals surface area contributed by atoms with Gasteiger partial charge in [-0.15, -0.1) is 0 Å². The standard InChI is InChI=1S/C19H14FO/c20-18-14-8-7-13-17(18)19(15-9-3-1-4-10-15)21-16-11-5-2-6-12-16/h1-5,7-14,19H. The van der Waals surface area contributed by atoms with E-state index in [9.17, 15) is 4.39 Å². The van der Waals surface area contributed by atoms with E-state index >= 15 is 0 Å². The minimum atomic E-state index is -0.483. The summed E-state index contributed by atoms with van der Waals surface area (Å²) in [6.45, 7) is 0. The van der Waals surface area contributed by atoms with Gasteiger partial charge in [0.2, 0.25) is 0 Å². The van der Waals surface area contributed by atoms with Crippen LogP contribution in [-0.2, 0) is 0 Å². The third-order valence-electron chi connectivity index (χ3n) is 3.22. The molecule has 21 heavy (non-hydrogen) atoms. The average Bonchev–Trinajstić information content (AvgIpc) is 2.55. The van der Waals surface area contributed by atoms with E-state index in [0.29, 0.717) is 11.3 Å². The van der Waals surface area contributed by atoms with Crippen LogP contribution in [0, 0.1) is 11.9 Å². The fourth-order valence-corrected chi connectivity index (χ4v) is 2.21. The zero-order valence-corrected chi connectivity index (χ0v) is 11.4. The summed E-state index contributed by atoms with van der Waals surface area (Å²) in [7, 11) is 0. The maximum absolute atomic E-state index is 14.1. The van der Waals surface area contributed by atoms with Crippen LogP contribution in [0.2, 0.25) is 0 Å². The molecule has 0 bridgehead atoms. The van der Waals surface area contributed by atoms with Gasteiger partial charge in [0.15, 0.2) is 6.10 Å². The lowest BCUT2D eigenvalue weighted by molar-refractivity contribution is 0.241. The van der Waals surface area contributed by atoms with Gasteiger partial charge in [0.25, 0.3) is 0 Å². The molecule has 3 rings (SSSR count). The Kier molecular flexibility index (Phi) is 3.97. The van der Waals surface area contributed by atoms with Crippen molar-refractivity contribution in [1.82, 2.24) is 0 Å². The van der Waals surface area contributed by atoms with E-state index in [1.807, 2.05) is 48.5 Å². The molecular weight excluding hydrogens is 263 g/mol. The molecule has 1 nitrogen and oxygen atoms in total. The summed E-state index contributed by atoms with van der Waals surface area (Å²) in [5.74, 6) is 0.390. The number of halogens is 1. The van der Waals surface area contributed by atoms with Crippen LogP contribution in [0.4, 0.5) is 4.39 Å². The fraction of sp³-hybridized carbons (Fsp3) is 0.0526. The van der Waals surface area contributed by atoms with Gasteiger partial charge in [-0.25, -0.2) is 4.39 Å². The van der Waals surface area contributed by atoms with Crippen molar-refractivity contribution >= 4 is 0 Å². The Morgan fingerprint density at radius 2 is 1.62 bits per heavy atom. The first-order valence-corrected chi connectivity index (χ1v) is 6.77. The quantitative estimate of drug-likeness (QED) is 0.666. The van der Waals surface area contributed by atoms with Crippen LogP contribution in [0.15, 0.2) is 78.9 Å². The molecule has 1 unspecified atom stereocenters. The van der Waals surface area contributed by atoms with Crippen molar-refractivity contribution in [2.45, 2.75) is 6.10 Å². The van der Waals surface area contributed by atoms with Gasteiger partial charge in [0.05, 0.1) is 0 Å². The van der Waals surface area contributed by atoms with Crippen molar-refractivity contribution in [3.05, 3.63) is 102 Å². The average molecular weight is 277 g/mol. The second-order valence-electron chi connectivity index (χ2n) is 4.67. The zero-order chi connectivity index (χ0) is 14.5. The molecule has 3 aromatic rings. The molecule has 0 saturated heterocycles. The molecule has 0 aliphatic rings. The Morgan fingerprint density at radius 3 is 2.33 bits per heavy atom. The summed E-state index contributed by atoms with van der Waals surface area (Å²) in [4.78, 5) is 0. The van der Waals surface area contributed by atoms with Crippen LogP contribution < -0.4 is 4.74 Å². The van der Waals surface area contributed by atoms with Crippen LogP contribution in [0.25, 0.3) is 0 Å². The van der Waals surface area contributed by atoms with Gasteiger partial charge < -0.3 is 4.74 Å². The van der Waals surface area contributed by atoms with E-state index < -0.39 is 6.10 Å². The van der Waals surface area contributed by atoms with Gasteiger partial charge in [0.1, 0.15) is 11.6 Å². The van der Waals surface area contributed by atoms with Crippen molar-refractivity contribution < 1.29 is 9.13 Å². The molecule has 0 aliphatic heterocycles. The topological polar surface area (TPSA) is 9.23 Å². The van der Waals surface area contributed by atoms with Crippen molar-refractivity contribution in [2.24, 2.45) is 0 Å². The van der Waals surface area contributed by atoms with Crippen molar-refractivity contribution in [3.63, 3.8) is 0 Å². The number of benzene rings is 3. The lowest BCUT2D eigenvalue weighted by Crippen LogP contribution is -2.11. The first kappa shape index (κ1) is 13.4. The monoisotopic (exact) mass is 277 g/mol. The molecule has 0 spiro atoms. The Balaban J connectivity index is 2.02. The molecular formula is C19H14FO. The molecule has 103 valence electrons. The zero-order valence-electron chi connectivity index (χ0n) is 11.4. The highest BCUT2D eigenvalue weighted by molar-refractivity contribution is 5.33. The Hall–Kier alpha value is -2.61. The van der Waals surface area contributed by atoms with Crippen LogP contribution >= 0.6 is 0 Å². The summed E-state index contributed by atoms with van der Waals surface area (Å²) in [5.41, 5.74) is 1.43. The lowest BCUT2D eigenvalue weighted by atomic mass is 10.0. The third-order valence-corrected chi connectivity index (χ3v) is 3.22. The minimum absolute atomic E-state index is 0.272. The molecule has 0 fully saturated rings. The second-order valence-corrected chi connectivity index (χ2v) is 4.67. The fourth-order valence-electron chi connectivity index (χ4n) is 2.21. The van der Waals surface area contributed by atoms with Crippen LogP contribution in [0.1, 0.15) is 17.2 Å². The first-order chi connectivity index (χ1) is 10.3. The molecule has 0 amide bonds. The minimum Gasteiger partial charge on any atom is -0.481 e. The highest BCUT2D eigenvalue weighted by atomic mass is 19.1. The molecule has 1 radical (unpaired) electrons. The highest BCUT2D eigenvalue weighted by Gasteiger charge is 2.19. The van der Waals surface area contributed by atoms with Gasteiger partial charge >= 0.3 is 0 Å². The first-order valence-electron chi connectivity index (χ1n) is 6.77. The molecule has 0 aliphatic carbocycles. The van der Waals surface area contributed by atoms with E-state index in [1.54, 1.807) is 24.3 Å². The third kappa shape index (κ3) is 3.11. The molecule has 0 aromatic heterocycles. The SMILES string of the molecule is Fc1ccccc1C(Oc1c[c]ccc1)c1ccccc1. The smallest absolute Gasteiger partial charge is 0.152 e. The van der Waals surface area contributed by atoms with Crippen LogP contribution in [0.3, 0.4) is 0 Å². The molecule has 0 heterocycles. The van der Waals surface area contributed by atoms with Crippen LogP contribution in [0.5, 0.6) is 5.75 Å².